The maximum atomic E-state index is 12.5. The lowest BCUT2D eigenvalue weighted by Gasteiger charge is -2.22. The largest absolute Gasteiger partial charge is 0.465 e. The molecular weight excluding hydrogens is 257 g/mol. The molecule has 0 saturated heterocycles. The van der Waals surface area contributed by atoms with E-state index in [4.69, 9.17) is 10.5 Å². The van der Waals surface area contributed by atoms with Crippen molar-refractivity contribution in [2.75, 3.05) is 0 Å². The zero-order valence-corrected chi connectivity index (χ0v) is 10.8. The summed E-state index contributed by atoms with van der Waals surface area (Å²) in [5.41, 5.74) is 8.03. The molecule has 2 rings (SSSR count). The minimum atomic E-state index is -4.40. The summed E-state index contributed by atoms with van der Waals surface area (Å²) in [4.78, 5) is 4.24. The second kappa shape index (κ2) is 5.36. The first kappa shape index (κ1) is 14.1. The SMILES string of the molecule is CC(Oc1nc2c(cc1CN)CCCC2)C(F)(F)F. The molecule has 0 bridgehead atoms. The zero-order valence-electron chi connectivity index (χ0n) is 10.8. The van der Waals surface area contributed by atoms with Crippen molar-refractivity contribution in [2.24, 2.45) is 5.73 Å². The number of hydrogen-bond acceptors (Lipinski definition) is 3. The molecule has 0 spiro atoms. The van der Waals surface area contributed by atoms with Crippen molar-refractivity contribution >= 4 is 0 Å². The van der Waals surface area contributed by atoms with Gasteiger partial charge in [-0.05, 0) is 44.2 Å². The summed E-state index contributed by atoms with van der Waals surface area (Å²) in [5, 5.41) is 0. The topological polar surface area (TPSA) is 48.1 Å². The molecule has 2 N–H and O–H groups in total. The fourth-order valence-corrected chi connectivity index (χ4v) is 2.14. The Morgan fingerprint density at radius 3 is 2.68 bits per heavy atom. The molecule has 0 aromatic carbocycles. The van der Waals surface area contributed by atoms with E-state index in [1.165, 1.54) is 0 Å². The Labute approximate surface area is 110 Å². The van der Waals surface area contributed by atoms with Gasteiger partial charge in [-0.1, -0.05) is 0 Å². The van der Waals surface area contributed by atoms with E-state index in [-0.39, 0.29) is 12.4 Å². The standard InChI is InChI=1S/C13H17F3N2O/c1-8(13(14,15)16)19-12-10(7-17)6-9-4-2-3-5-11(9)18-12/h6,8H,2-5,7,17H2,1H3. The van der Waals surface area contributed by atoms with Crippen LogP contribution in [0.15, 0.2) is 6.07 Å². The molecule has 0 aliphatic heterocycles. The van der Waals surface area contributed by atoms with Crippen LogP contribution in [0.3, 0.4) is 0 Å². The molecule has 1 unspecified atom stereocenters. The molecule has 19 heavy (non-hydrogen) atoms. The van der Waals surface area contributed by atoms with Crippen molar-refractivity contribution in [1.82, 2.24) is 4.98 Å². The summed E-state index contributed by atoms with van der Waals surface area (Å²) in [6.45, 7) is 1.10. The van der Waals surface area contributed by atoms with Crippen LogP contribution < -0.4 is 10.5 Å². The average Bonchev–Trinajstić information content (AvgIpc) is 2.36. The lowest BCUT2D eigenvalue weighted by Crippen LogP contribution is -2.32. The molecule has 3 nitrogen and oxygen atoms in total. The minimum Gasteiger partial charge on any atom is -0.465 e. The van der Waals surface area contributed by atoms with Crippen LogP contribution in [0.5, 0.6) is 5.88 Å². The summed E-state index contributed by atoms with van der Waals surface area (Å²) in [5.74, 6) is 0.0213. The molecule has 1 aromatic rings. The van der Waals surface area contributed by atoms with Gasteiger partial charge < -0.3 is 10.5 Å². The monoisotopic (exact) mass is 274 g/mol. The van der Waals surface area contributed by atoms with Crippen LogP contribution in [-0.2, 0) is 19.4 Å². The van der Waals surface area contributed by atoms with E-state index < -0.39 is 12.3 Å². The summed E-state index contributed by atoms with van der Waals surface area (Å²) in [6.07, 6.45) is -2.49. The Balaban J connectivity index is 2.28. The molecule has 1 atom stereocenters. The maximum absolute atomic E-state index is 12.5. The lowest BCUT2D eigenvalue weighted by atomic mass is 9.95. The zero-order chi connectivity index (χ0) is 14.0. The number of pyridine rings is 1. The number of nitrogens with two attached hydrogens (primary N) is 1. The van der Waals surface area contributed by atoms with E-state index in [1.807, 2.05) is 6.07 Å². The van der Waals surface area contributed by atoms with Gasteiger partial charge in [0.2, 0.25) is 5.88 Å². The number of halogens is 3. The quantitative estimate of drug-likeness (QED) is 0.922. The van der Waals surface area contributed by atoms with Crippen molar-refractivity contribution < 1.29 is 17.9 Å². The second-order valence-corrected chi connectivity index (χ2v) is 4.77. The van der Waals surface area contributed by atoms with Gasteiger partial charge in [0, 0.05) is 17.8 Å². The first-order chi connectivity index (χ1) is 8.91. The first-order valence-electron chi connectivity index (χ1n) is 6.37. The van der Waals surface area contributed by atoms with Gasteiger partial charge in [-0.2, -0.15) is 13.2 Å². The van der Waals surface area contributed by atoms with E-state index in [1.54, 1.807) is 0 Å². The highest BCUT2D eigenvalue weighted by Crippen LogP contribution is 2.29. The van der Waals surface area contributed by atoms with Gasteiger partial charge >= 0.3 is 6.18 Å². The second-order valence-electron chi connectivity index (χ2n) is 4.77. The lowest BCUT2D eigenvalue weighted by molar-refractivity contribution is -0.190. The molecular formula is C13H17F3N2O. The van der Waals surface area contributed by atoms with E-state index in [0.717, 1.165) is 43.9 Å². The number of alkyl halides is 3. The number of fused-ring (bicyclic) bond motifs is 1. The van der Waals surface area contributed by atoms with Gasteiger partial charge in [0.1, 0.15) is 0 Å². The first-order valence-corrected chi connectivity index (χ1v) is 6.37. The Morgan fingerprint density at radius 2 is 2.05 bits per heavy atom. The molecule has 1 aliphatic carbocycles. The van der Waals surface area contributed by atoms with Crippen molar-refractivity contribution in [3.63, 3.8) is 0 Å². The molecule has 0 fully saturated rings. The third-order valence-corrected chi connectivity index (χ3v) is 3.31. The molecule has 0 amide bonds. The number of aryl methyl sites for hydroxylation is 2. The highest BCUT2D eigenvalue weighted by Gasteiger charge is 2.38. The van der Waals surface area contributed by atoms with E-state index in [2.05, 4.69) is 4.98 Å². The fourth-order valence-electron chi connectivity index (χ4n) is 2.14. The number of aromatic nitrogens is 1. The molecule has 106 valence electrons. The molecule has 1 heterocycles. The van der Waals surface area contributed by atoms with Gasteiger partial charge in [0.25, 0.3) is 0 Å². The average molecular weight is 274 g/mol. The van der Waals surface area contributed by atoms with Gasteiger partial charge in [-0.25, -0.2) is 4.98 Å². The van der Waals surface area contributed by atoms with Gasteiger partial charge in [-0.3, -0.25) is 0 Å². The fraction of sp³-hybridized carbons (Fsp3) is 0.615. The van der Waals surface area contributed by atoms with Gasteiger partial charge in [0.15, 0.2) is 6.10 Å². The van der Waals surface area contributed by atoms with E-state index in [0.29, 0.717) is 5.56 Å². The normalized spacial score (nSPS) is 16.9. The molecule has 1 aliphatic rings. The summed E-state index contributed by atoms with van der Waals surface area (Å²) in [6, 6.07) is 1.83. The maximum Gasteiger partial charge on any atom is 0.425 e. The van der Waals surface area contributed by atoms with Crippen molar-refractivity contribution in [1.29, 1.82) is 0 Å². The van der Waals surface area contributed by atoms with Crippen LogP contribution >= 0.6 is 0 Å². The molecule has 1 aromatic heterocycles. The summed E-state index contributed by atoms with van der Waals surface area (Å²) < 4.78 is 42.5. The van der Waals surface area contributed by atoms with Crippen molar-refractivity contribution in [2.45, 2.75) is 51.4 Å². The van der Waals surface area contributed by atoms with Gasteiger partial charge in [0.05, 0.1) is 0 Å². The van der Waals surface area contributed by atoms with E-state index in [9.17, 15) is 13.2 Å². The van der Waals surface area contributed by atoms with Gasteiger partial charge in [-0.15, -0.1) is 0 Å². The highest BCUT2D eigenvalue weighted by molar-refractivity contribution is 5.36. The predicted molar refractivity (Wildman–Crippen MR) is 64.9 cm³/mol. The summed E-state index contributed by atoms with van der Waals surface area (Å²) in [7, 11) is 0. The van der Waals surface area contributed by atoms with Crippen LogP contribution in [0.4, 0.5) is 13.2 Å². The Morgan fingerprint density at radius 1 is 1.37 bits per heavy atom. The molecule has 0 saturated carbocycles. The Hall–Kier alpha value is -1.30. The third kappa shape index (κ3) is 3.18. The number of ether oxygens (including phenoxy) is 1. The minimum absolute atomic E-state index is 0.0213. The number of nitrogens with zero attached hydrogens (tertiary/aromatic N) is 1. The smallest absolute Gasteiger partial charge is 0.425 e. The predicted octanol–water partition coefficient (Wildman–Crippen LogP) is 2.75. The highest BCUT2D eigenvalue weighted by atomic mass is 19.4. The Bertz CT molecular complexity index is 460. The number of rotatable bonds is 3. The van der Waals surface area contributed by atoms with Crippen LogP contribution in [0.1, 0.15) is 36.6 Å². The third-order valence-electron chi connectivity index (χ3n) is 3.31. The van der Waals surface area contributed by atoms with Crippen LogP contribution in [0.25, 0.3) is 0 Å². The Kier molecular flexibility index (Phi) is 3.99. The molecule has 6 heteroatoms. The molecule has 0 radical (unpaired) electrons. The van der Waals surface area contributed by atoms with E-state index >= 15 is 0 Å². The van der Waals surface area contributed by atoms with Crippen molar-refractivity contribution in [3.8, 4) is 5.88 Å². The van der Waals surface area contributed by atoms with Crippen molar-refractivity contribution in [3.05, 3.63) is 22.9 Å². The number of hydrogen-bond donors (Lipinski definition) is 1. The van der Waals surface area contributed by atoms with Crippen LogP contribution in [0.2, 0.25) is 0 Å². The summed E-state index contributed by atoms with van der Waals surface area (Å²) >= 11 is 0. The van der Waals surface area contributed by atoms with Crippen LogP contribution in [-0.4, -0.2) is 17.3 Å². The van der Waals surface area contributed by atoms with Crippen LogP contribution in [0, 0.1) is 0 Å².